The first-order valence-electron chi connectivity index (χ1n) is 22.8. The number of ether oxygens (including phenoxy) is 2. The third-order valence-corrected chi connectivity index (χ3v) is 12.6. The second-order valence-electron chi connectivity index (χ2n) is 17.5. The molecule has 11 rings (SSSR count). The van der Waals surface area contributed by atoms with Crippen LogP contribution in [0.15, 0.2) is 161 Å². The Kier molecular flexibility index (Phi) is 12.3. The summed E-state index contributed by atoms with van der Waals surface area (Å²) < 4.78 is 12.5. The highest BCUT2D eigenvalue weighted by Crippen LogP contribution is 2.48. The largest absolute Gasteiger partial charge is 0.457 e. The van der Waals surface area contributed by atoms with Crippen LogP contribution in [0.5, 0.6) is 23.0 Å². The third-order valence-electron chi connectivity index (χ3n) is 12.6. The number of aryl methyl sites for hydroxylation is 1. The van der Waals surface area contributed by atoms with Gasteiger partial charge in [0, 0.05) is 56.3 Å². The SMILES string of the molecule is CC#N.CC(C)c1ccc(Oc2ccc3c4c(cccc24)C2=NC(=O)C(C#N)=C23)cc1.CC(C)c1ccc(Oc2ccc3c4c(cccc24)C2=NC(=O)C(CCCCc4ccccc4)=C23)cc1. The van der Waals surface area contributed by atoms with E-state index in [4.69, 9.17) is 14.7 Å². The van der Waals surface area contributed by atoms with Gasteiger partial charge in [-0.05, 0) is 114 Å². The van der Waals surface area contributed by atoms with Crippen molar-refractivity contribution in [3.63, 3.8) is 0 Å². The Morgan fingerprint density at radius 2 is 1.00 bits per heavy atom. The summed E-state index contributed by atoms with van der Waals surface area (Å²) in [6, 6.07) is 50.7. The summed E-state index contributed by atoms with van der Waals surface area (Å²) in [6.45, 7) is 10.1. The van der Waals surface area contributed by atoms with E-state index in [0.717, 1.165) is 109 Å². The van der Waals surface area contributed by atoms with Crippen LogP contribution in [-0.2, 0) is 16.0 Å². The fraction of sp³-hybridized carbons (Fsp3) is 0.186. The van der Waals surface area contributed by atoms with Gasteiger partial charge in [-0.1, -0.05) is 119 Å². The van der Waals surface area contributed by atoms with Crippen molar-refractivity contribution >= 4 is 55.9 Å². The van der Waals surface area contributed by atoms with Crippen molar-refractivity contribution < 1.29 is 19.1 Å². The van der Waals surface area contributed by atoms with Gasteiger partial charge in [0.05, 0.1) is 17.5 Å². The molecule has 0 saturated heterocycles. The summed E-state index contributed by atoms with van der Waals surface area (Å²) in [5, 5.41) is 20.8. The number of fused-ring (bicyclic) bond motifs is 6. The Hall–Kier alpha value is -8.20. The smallest absolute Gasteiger partial charge is 0.288 e. The first-order valence-corrected chi connectivity index (χ1v) is 22.8. The molecule has 0 fully saturated rings. The van der Waals surface area contributed by atoms with Gasteiger partial charge in [-0.25, -0.2) is 9.98 Å². The second kappa shape index (κ2) is 18.7. The molecule has 67 heavy (non-hydrogen) atoms. The van der Waals surface area contributed by atoms with Crippen molar-refractivity contribution in [3.05, 3.63) is 190 Å². The van der Waals surface area contributed by atoms with Crippen LogP contribution in [0.4, 0.5) is 0 Å². The van der Waals surface area contributed by atoms with Gasteiger partial charge in [0.25, 0.3) is 11.8 Å². The lowest BCUT2D eigenvalue weighted by Crippen LogP contribution is -1.98. The molecule has 0 saturated carbocycles. The van der Waals surface area contributed by atoms with Gasteiger partial charge in [0.15, 0.2) is 0 Å². The number of unbranched alkanes of at least 4 members (excludes halogenated alkanes) is 1. The van der Waals surface area contributed by atoms with Crippen molar-refractivity contribution in [2.75, 3.05) is 0 Å². The van der Waals surface area contributed by atoms with E-state index in [2.05, 4.69) is 104 Å². The van der Waals surface area contributed by atoms with Crippen molar-refractivity contribution in [1.29, 1.82) is 10.5 Å². The molecule has 7 aromatic rings. The van der Waals surface area contributed by atoms with Crippen LogP contribution in [0, 0.1) is 22.7 Å². The molecule has 2 aliphatic heterocycles. The summed E-state index contributed by atoms with van der Waals surface area (Å²) in [5.74, 6) is 3.58. The van der Waals surface area contributed by atoms with E-state index in [1.54, 1.807) is 6.07 Å². The zero-order valence-electron chi connectivity index (χ0n) is 38.2. The van der Waals surface area contributed by atoms with Crippen LogP contribution in [0.3, 0.4) is 0 Å². The minimum absolute atomic E-state index is 0.0760. The number of amides is 2. The summed E-state index contributed by atoms with van der Waals surface area (Å²) in [5.41, 5.74) is 11.9. The quantitative estimate of drug-likeness (QED) is 0.119. The Morgan fingerprint density at radius 3 is 1.51 bits per heavy atom. The molecule has 2 heterocycles. The molecule has 0 unspecified atom stereocenters. The fourth-order valence-corrected chi connectivity index (χ4v) is 9.31. The van der Waals surface area contributed by atoms with E-state index in [1.807, 2.05) is 78.9 Å². The van der Waals surface area contributed by atoms with Gasteiger partial charge in [0.2, 0.25) is 0 Å². The number of benzene rings is 7. The lowest BCUT2D eigenvalue weighted by Gasteiger charge is -2.12. The van der Waals surface area contributed by atoms with Crippen molar-refractivity contribution in [2.24, 2.45) is 9.98 Å². The van der Waals surface area contributed by atoms with Gasteiger partial charge in [-0.2, -0.15) is 10.5 Å². The molecule has 8 heteroatoms. The molecular weight excluding hydrogens is 829 g/mol. The highest BCUT2D eigenvalue weighted by atomic mass is 16.5. The normalized spacial score (nSPS) is 13.7. The minimum atomic E-state index is -0.458. The minimum Gasteiger partial charge on any atom is -0.457 e. The van der Waals surface area contributed by atoms with Crippen LogP contribution >= 0.6 is 0 Å². The summed E-state index contributed by atoms with van der Waals surface area (Å²) in [4.78, 5) is 33.6. The maximum Gasteiger partial charge on any atom is 0.288 e. The highest BCUT2D eigenvalue weighted by Gasteiger charge is 2.37. The monoisotopic (exact) mass is 876 g/mol. The Labute approximate surface area is 390 Å². The first kappa shape index (κ1) is 44.0. The van der Waals surface area contributed by atoms with Crippen LogP contribution in [-0.4, -0.2) is 23.2 Å². The number of hydrogen-bond acceptors (Lipinski definition) is 6. The molecule has 0 spiro atoms. The molecule has 0 aromatic heterocycles. The maximum absolute atomic E-state index is 12.9. The average Bonchev–Trinajstić information content (AvgIpc) is 4.04. The lowest BCUT2D eigenvalue weighted by atomic mass is 9.96. The molecule has 0 N–H and O–H groups in total. The van der Waals surface area contributed by atoms with Crippen LogP contribution < -0.4 is 9.47 Å². The van der Waals surface area contributed by atoms with Crippen molar-refractivity contribution in [1.82, 2.24) is 0 Å². The predicted octanol–water partition coefficient (Wildman–Crippen LogP) is 14.2. The number of hydrogen-bond donors (Lipinski definition) is 0. The number of rotatable bonds is 11. The van der Waals surface area contributed by atoms with Gasteiger partial charge >= 0.3 is 0 Å². The molecule has 328 valence electrons. The van der Waals surface area contributed by atoms with Gasteiger partial charge < -0.3 is 9.47 Å². The average molecular weight is 877 g/mol. The molecular formula is C59H48N4O4. The standard InChI is InChI=1S/C33H29NO2.C24H16N2O2.C2H3N/c1-21(2)23-15-17-24(18-16-23)36-29-20-19-26-30-25(29)13-8-14-27(30)32-31(26)28(33(35)34-32)12-7-6-11-22-9-4-3-5-10-22;1-13(2)14-6-8-15(9-7-14)28-20-11-10-17-21-16(20)4-3-5-18(21)23-22(17)19(12-25)24(27)26-23;1-2-3/h3-5,8-10,13-21H,6-7,11-12H2,1-2H3;3-11,13H,1-2H3;1H3. The predicted molar refractivity (Wildman–Crippen MR) is 267 cm³/mol. The highest BCUT2D eigenvalue weighted by molar-refractivity contribution is 6.50. The maximum atomic E-state index is 12.9. The Balaban J connectivity index is 0.000000163. The van der Waals surface area contributed by atoms with E-state index < -0.39 is 5.91 Å². The van der Waals surface area contributed by atoms with Crippen LogP contribution in [0.25, 0.3) is 32.7 Å². The molecule has 0 atom stereocenters. The lowest BCUT2D eigenvalue weighted by molar-refractivity contribution is -0.114. The summed E-state index contributed by atoms with van der Waals surface area (Å²) in [6.07, 6.45) is 3.80. The number of carbonyl (C=O) groups is 2. The van der Waals surface area contributed by atoms with E-state index in [0.29, 0.717) is 23.1 Å². The Bertz CT molecular complexity index is 3340. The number of nitrogens with zero attached hydrogens (tertiary/aromatic N) is 4. The summed E-state index contributed by atoms with van der Waals surface area (Å²) in [7, 11) is 0. The molecule has 8 nitrogen and oxygen atoms in total. The zero-order chi connectivity index (χ0) is 46.8. The number of allylic oxidation sites excluding steroid dienone is 2. The van der Waals surface area contributed by atoms with Gasteiger partial charge in [0.1, 0.15) is 34.6 Å². The zero-order valence-corrected chi connectivity index (χ0v) is 38.2. The molecule has 0 bridgehead atoms. The van der Waals surface area contributed by atoms with Crippen LogP contribution in [0.2, 0.25) is 0 Å². The first-order chi connectivity index (χ1) is 32.6. The van der Waals surface area contributed by atoms with Gasteiger partial charge in [-0.3, -0.25) is 9.59 Å². The van der Waals surface area contributed by atoms with E-state index in [-0.39, 0.29) is 11.5 Å². The molecule has 0 radical (unpaired) electrons. The fourth-order valence-electron chi connectivity index (χ4n) is 9.31. The van der Waals surface area contributed by atoms with Crippen molar-refractivity contribution in [2.45, 2.75) is 72.1 Å². The van der Waals surface area contributed by atoms with Gasteiger partial charge in [-0.15, -0.1) is 0 Å². The van der Waals surface area contributed by atoms with E-state index in [1.165, 1.54) is 23.6 Å². The number of aliphatic imine (C=N–C) groups is 2. The van der Waals surface area contributed by atoms with E-state index in [9.17, 15) is 14.9 Å². The second-order valence-corrected chi connectivity index (χ2v) is 17.5. The molecule has 2 amide bonds. The number of carbonyl (C=O) groups excluding carboxylic acids is 2. The summed E-state index contributed by atoms with van der Waals surface area (Å²) >= 11 is 0. The van der Waals surface area contributed by atoms with Crippen molar-refractivity contribution in [3.8, 4) is 35.1 Å². The number of nitriles is 2. The van der Waals surface area contributed by atoms with Crippen LogP contribution in [0.1, 0.15) is 105 Å². The van der Waals surface area contributed by atoms with E-state index >= 15 is 0 Å². The third kappa shape index (κ3) is 8.35. The topological polar surface area (TPSA) is 125 Å². The molecule has 7 aromatic carbocycles. The Morgan fingerprint density at radius 1 is 0.522 bits per heavy atom. The molecule has 2 aliphatic carbocycles. The molecule has 4 aliphatic rings.